The number of benzene rings is 1. The van der Waals surface area contributed by atoms with Crippen molar-refractivity contribution in [2.75, 3.05) is 6.61 Å². The zero-order valence-corrected chi connectivity index (χ0v) is 11.8. The number of carbonyl (C=O) groups excluding carboxylic acids is 2. The molecule has 0 spiro atoms. The van der Waals surface area contributed by atoms with E-state index in [-0.39, 0.29) is 12.4 Å². The van der Waals surface area contributed by atoms with E-state index in [4.69, 9.17) is 16.3 Å². The molecule has 0 saturated carbocycles. The fraction of sp³-hybridized carbons (Fsp3) is 0.333. The molecule has 0 aliphatic rings. The highest BCUT2D eigenvalue weighted by Gasteiger charge is 2.20. The van der Waals surface area contributed by atoms with E-state index in [1.54, 1.807) is 32.0 Å². The highest BCUT2D eigenvalue weighted by Crippen LogP contribution is 2.24. The Labute approximate surface area is 113 Å². The van der Waals surface area contributed by atoms with Gasteiger partial charge in [0.2, 0.25) is 0 Å². The van der Waals surface area contributed by atoms with Gasteiger partial charge in [0, 0.05) is 10.0 Å². The van der Waals surface area contributed by atoms with E-state index in [9.17, 15) is 9.59 Å². The zero-order chi connectivity index (χ0) is 13.0. The topological polar surface area (TPSA) is 43.4 Å². The van der Waals surface area contributed by atoms with E-state index in [0.29, 0.717) is 15.6 Å². The summed E-state index contributed by atoms with van der Waals surface area (Å²) in [5.41, 5.74) is 0.716. The lowest BCUT2D eigenvalue weighted by Crippen LogP contribution is -2.14. The Morgan fingerprint density at radius 3 is 2.53 bits per heavy atom. The standard InChI is InChI=1S/C12H12BrClO3/c1-3-17-12(16)9-6-4-5-8(10(9)13)11(15)7(2)14/h4-7H,3H2,1-2H3. The van der Waals surface area contributed by atoms with E-state index in [1.165, 1.54) is 0 Å². The first-order chi connectivity index (χ1) is 7.99. The highest BCUT2D eigenvalue weighted by molar-refractivity contribution is 9.10. The molecule has 0 radical (unpaired) electrons. The molecule has 0 N–H and O–H groups in total. The van der Waals surface area contributed by atoms with Crippen molar-refractivity contribution in [3.8, 4) is 0 Å². The highest BCUT2D eigenvalue weighted by atomic mass is 79.9. The Hall–Kier alpha value is -0.870. The van der Waals surface area contributed by atoms with E-state index < -0.39 is 11.3 Å². The third kappa shape index (κ3) is 3.30. The Morgan fingerprint density at radius 2 is 2.00 bits per heavy atom. The summed E-state index contributed by atoms with van der Waals surface area (Å²) < 4.78 is 5.32. The van der Waals surface area contributed by atoms with E-state index >= 15 is 0 Å². The summed E-state index contributed by atoms with van der Waals surface area (Å²) in [6.07, 6.45) is 0. The molecule has 1 rings (SSSR count). The van der Waals surface area contributed by atoms with Crippen molar-refractivity contribution in [3.05, 3.63) is 33.8 Å². The van der Waals surface area contributed by atoms with Crippen LogP contribution >= 0.6 is 27.5 Å². The first-order valence-corrected chi connectivity index (χ1v) is 6.35. The summed E-state index contributed by atoms with van der Waals surface area (Å²) >= 11 is 8.98. The van der Waals surface area contributed by atoms with Crippen LogP contribution in [0.3, 0.4) is 0 Å². The second-order valence-electron chi connectivity index (χ2n) is 3.37. The normalized spacial score (nSPS) is 12.0. The first-order valence-electron chi connectivity index (χ1n) is 5.13. The minimum absolute atomic E-state index is 0.232. The monoisotopic (exact) mass is 318 g/mol. The lowest BCUT2D eigenvalue weighted by atomic mass is 10.1. The lowest BCUT2D eigenvalue weighted by Gasteiger charge is -2.09. The average Bonchev–Trinajstić information content (AvgIpc) is 2.28. The maximum absolute atomic E-state index is 11.8. The Bertz CT molecular complexity index is 443. The number of hydrogen-bond donors (Lipinski definition) is 0. The van der Waals surface area contributed by atoms with Crippen LogP contribution in [-0.2, 0) is 4.74 Å². The number of hydrogen-bond acceptors (Lipinski definition) is 3. The second kappa shape index (κ2) is 6.17. The van der Waals surface area contributed by atoms with Crippen LogP contribution in [0.1, 0.15) is 34.6 Å². The number of esters is 1. The van der Waals surface area contributed by atoms with Crippen molar-refractivity contribution in [3.63, 3.8) is 0 Å². The largest absolute Gasteiger partial charge is 0.462 e. The van der Waals surface area contributed by atoms with Crippen molar-refractivity contribution in [2.45, 2.75) is 19.2 Å². The van der Waals surface area contributed by atoms with Gasteiger partial charge in [0.1, 0.15) is 0 Å². The predicted octanol–water partition coefficient (Wildman–Crippen LogP) is 3.44. The number of Topliss-reactive ketones (excluding diaryl/α,β-unsaturated/α-hetero) is 1. The van der Waals surface area contributed by atoms with Gasteiger partial charge in [-0.05, 0) is 35.8 Å². The van der Waals surface area contributed by atoms with Gasteiger partial charge in [0.15, 0.2) is 5.78 Å². The Morgan fingerprint density at radius 1 is 1.41 bits per heavy atom. The summed E-state index contributed by atoms with van der Waals surface area (Å²) in [5, 5.41) is -0.635. The van der Waals surface area contributed by atoms with E-state index in [0.717, 1.165) is 0 Å². The maximum Gasteiger partial charge on any atom is 0.339 e. The summed E-state index contributed by atoms with van der Waals surface area (Å²) in [6, 6.07) is 4.84. The minimum atomic E-state index is -0.635. The number of ether oxygens (including phenoxy) is 1. The molecule has 1 aromatic carbocycles. The minimum Gasteiger partial charge on any atom is -0.462 e. The van der Waals surface area contributed by atoms with Gasteiger partial charge in [0.25, 0.3) is 0 Å². The Kier molecular flexibility index (Phi) is 5.15. The van der Waals surface area contributed by atoms with Crippen molar-refractivity contribution in [1.82, 2.24) is 0 Å². The molecule has 17 heavy (non-hydrogen) atoms. The van der Waals surface area contributed by atoms with Gasteiger partial charge in [-0.3, -0.25) is 4.79 Å². The van der Waals surface area contributed by atoms with Crippen LogP contribution < -0.4 is 0 Å². The summed E-state index contributed by atoms with van der Waals surface area (Å²) in [7, 11) is 0. The molecule has 0 aliphatic carbocycles. The molecule has 1 aromatic rings. The van der Waals surface area contributed by atoms with Crippen LogP contribution in [0.5, 0.6) is 0 Å². The van der Waals surface area contributed by atoms with Crippen molar-refractivity contribution < 1.29 is 14.3 Å². The van der Waals surface area contributed by atoms with Gasteiger partial charge < -0.3 is 4.74 Å². The SMILES string of the molecule is CCOC(=O)c1cccc(C(=O)C(C)Cl)c1Br. The molecular weight excluding hydrogens is 307 g/mol. The van der Waals surface area contributed by atoms with Crippen molar-refractivity contribution in [1.29, 1.82) is 0 Å². The van der Waals surface area contributed by atoms with Crippen LogP contribution in [0, 0.1) is 0 Å². The Balaban J connectivity index is 3.16. The molecule has 92 valence electrons. The zero-order valence-electron chi connectivity index (χ0n) is 9.50. The number of rotatable bonds is 4. The van der Waals surface area contributed by atoms with Gasteiger partial charge >= 0.3 is 5.97 Å². The molecule has 0 saturated heterocycles. The lowest BCUT2D eigenvalue weighted by molar-refractivity contribution is 0.0525. The van der Waals surface area contributed by atoms with E-state index in [1.807, 2.05) is 0 Å². The van der Waals surface area contributed by atoms with Gasteiger partial charge in [-0.2, -0.15) is 0 Å². The second-order valence-corrected chi connectivity index (χ2v) is 4.82. The summed E-state index contributed by atoms with van der Waals surface area (Å²) in [6.45, 7) is 3.60. The molecule has 1 unspecified atom stereocenters. The first kappa shape index (κ1) is 14.2. The van der Waals surface area contributed by atoms with Crippen LogP contribution in [0.25, 0.3) is 0 Å². The molecule has 1 atom stereocenters. The predicted molar refractivity (Wildman–Crippen MR) is 69.7 cm³/mol. The molecule has 0 aliphatic heterocycles. The van der Waals surface area contributed by atoms with Crippen molar-refractivity contribution in [2.24, 2.45) is 0 Å². The molecule has 3 nitrogen and oxygen atoms in total. The molecular formula is C12H12BrClO3. The van der Waals surface area contributed by atoms with Gasteiger partial charge in [0.05, 0.1) is 17.5 Å². The third-order valence-electron chi connectivity index (χ3n) is 2.12. The number of carbonyl (C=O) groups is 2. The van der Waals surface area contributed by atoms with E-state index in [2.05, 4.69) is 15.9 Å². The average molecular weight is 320 g/mol. The van der Waals surface area contributed by atoms with Gasteiger partial charge in [-0.25, -0.2) is 4.79 Å². The molecule has 0 heterocycles. The maximum atomic E-state index is 11.8. The molecule has 0 aromatic heterocycles. The fourth-order valence-electron chi connectivity index (χ4n) is 1.30. The number of halogens is 2. The fourth-order valence-corrected chi connectivity index (χ4v) is 2.04. The van der Waals surface area contributed by atoms with Crippen LogP contribution in [-0.4, -0.2) is 23.7 Å². The molecule has 5 heteroatoms. The molecule has 0 bridgehead atoms. The van der Waals surface area contributed by atoms with Gasteiger partial charge in [-0.15, -0.1) is 11.6 Å². The third-order valence-corrected chi connectivity index (χ3v) is 3.17. The van der Waals surface area contributed by atoms with Crippen LogP contribution in [0.15, 0.2) is 22.7 Å². The van der Waals surface area contributed by atoms with Crippen molar-refractivity contribution >= 4 is 39.3 Å². The van der Waals surface area contributed by atoms with Crippen LogP contribution in [0.2, 0.25) is 0 Å². The smallest absolute Gasteiger partial charge is 0.339 e. The number of alkyl halides is 1. The number of ketones is 1. The summed E-state index contributed by atoms with van der Waals surface area (Å²) in [5.74, 6) is -0.694. The summed E-state index contributed by atoms with van der Waals surface area (Å²) in [4.78, 5) is 23.4. The molecule has 0 amide bonds. The molecule has 0 fully saturated rings. The quantitative estimate of drug-likeness (QED) is 0.485. The van der Waals surface area contributed by atoms with Gasteiger partial charge in [-0.1, -0.05) is 12.1 Å². The van der Waals surface area contributed by atoms with Crippen LogP contribution in [0.4, 0.5) is 0 Å².